The summed E-state index contributed by atoms with van der Waals surface area (Å²) < 4.78 is 16.1. The van der Waals surface area contributed by atoms with Gasteiger partial charge in [0, 0.05) is 16.5 Å². The van der Waals surface area contributed by atoms with Crippen molar-refractivity contribution in [3.63, 3.8) is 0 Å². The first kappa shape index (κ1) is 20.5. The van der Waals surface area contributed by atoms with Crippen LogP contribution in [0, 0.1) is 6.92 Å². The smallest absolute Gasteiger partial charge is 0.268 e. The number of hydrogen-bond acceptors (Lipinski definition) is 7. The highest BCUT2D eigenvalue weighted by Gasteiger charge is 2.22. The summed E-state index contributed by atoms with van der Waals surface area (Å²) in [5, 5.41) is 6.55. The summed E-state index contributed by atoms with van der Waals surface area (Å²) in [7, 11) is 4.53. The predicted molar refractivity (Wildman–Crippen MR) is 110 cm³/mol. The molecule has 0 aliphatic carbocycles. The molecule has 10 heteroatoms. The third-order valence-corrected chi connectivity index (χ3v) is 5.09. The minimum atomic E-state index is -0.760. The number of anilines is 1. The molecule has 3 rings (SSSR count). The lowest BCUT2D eigenvalue weighted by atomic mass is 10.2. The number of amides is 2. The number of hydrogen-bond donors (Lipinski definition) is 3. The Bertz CT molecular complexity index is 1060. The Hall–Kier alpha value is -3.27. The number of benzene rings is 1. The highest BCUT2D eigenvalue weighted by atomic mass is 32.1. The average Bonchev–Trinajstić information content (AvgIpc) is 3.31. The number of aromatic amines is 1. The molecule has 0 spiro atoms. The van der Waals surface area contributed by atoms with Crippen molar-refractivity contribution >= 4 is 39.2 Å². The lowest BCUT2D eigenvalue weighted by Gasteiger charge is -2.13. The van der Waals surface area contributed by atoms with Gasteiger partial charge in [-0.25, -0.2) is 4.98 Å². The van der Waals surface area contributed by atoms with Crippen LogP contribution >= 0.6 is 11.3 Å². The number of carbonyl (C=O) groups excluding carboxylic acids is 2. The molecule has 3 N–H and O–H groups in total. The molecule has 0 saturated carbocycles. The van der Waals surface area contributed by atoms with Gasteiger partial charge in [-0.3, -0.25) is 9.59 Å². The van der Waals surface area contributed by atoms with Gasteiger partial charge < -0.3 is 29.8 Å². The van der Waals surface area contributed by atoms with E-state index >= 15 is 0 Å². The van der Waals surface area contributed by atoms with Crippen molar-refractivity contribution in [1.29, 1.82) is 0 Å². The molecule has 0 fully saturated rings. The van der Waals surface area contributed by atoms with Crippen molar-refractivity contribution in [3.05, 3.63) is 28.9 Å². The molecule has 29 heavy (non-hydrogen) atoms. The van der Waals surface area contributed by atoms with E-state index in [1.54, 1.807) is 25.3 Å². The van der Waals surface area contributed by atoms with E-state index in [0.717, 1.165) is 4.88 Å². The summed E-state index contributed by atoms with van der Waals surface area (Å²) in [6.45, 7) is 3.50. The molecular weight excluding hydrogens is 396 g/mol. The maximum Gasteiger partial charge on any atom is 0.268 e. The zero-order chi connectivity index (χ0) is 21.1. The molecule has 1 aromatic carbocycles. The van der Waals surface area contributed by atoms with Crippen LogP contribution in [-0.2, 0) is 4.79 Å². The Kier molecular flexibility index (Phi) is 5.92. The van der Waals surface area contributed by atoms with E-state index in [4.69, 9.17) is 14.2 Å². The van der Waals surface area contributed by atoms with Crippen molar-refractivity contribution in [2.45, 2.75) is 19.9 Å². The fourth-order valence-corrected chi connectivity index (χ4v) is 3.50. The quantitative estimate of drug-likeness (QED) is 0.544. The van der Waals surface area contributed by atoms with Crippen LogP contribution in [0.1, 0.15) is 22.3 Å². The first-order valence-electron chi connectivity index (χ1n) is 8.73. The Morgan fingerprint density at radius 3 is 2.45 bits per heavy atom. The molecule has 0 radical (unpaired) electrons. The molecule has 3 aromatic rings. The molecule has 2 amide bonds. The molecule has 0 aliphatic heterocycles. The zero-order valence-electron chi connectivity index (χ0n) is 16.7. The van der Waals surface area contributed by atoms with Crippen LogP contribution < -0.4 is 24.8 Å². The molecule has 1 atom stereocenters. The van der Waals surface area contributed by atoms with Crippen LogP contribution in [0.5, 0.6) is 17.2 Å². The van der Waals surface area contributed by atoms with Crippen molar-refractivity contribution in [2.24, 2.45) is 0 Å². The van der Waals surface area contributed by atoms with Crippen LogP contribution in [0.25, 0.3) is 10.9 Å². The van der Waals surface area contributed by atoms with Crippen LogP contribution in [0.3, 0.4) is 0 Å². The molecule has 2 aromatic heterocycles. The molecule has 154 valence electrons. The van der Waals surface area contributed by atoms with Gasteiger partial charge in [-0.2, -0.15) is 0 Å². The SMILES string of the molecule is COc1cc2cc(C(=O)NC(C)C(=O)Nc3ncc(C)s3)[nH]c2c(OC)c1OC. The van der Waals surface area contributed by atoms with Gasteiger partial charge in [-0.15, -0.1) is 11.3 Å². The number of methoxy groups -OCH3 is 3. The van der Waals surface area contributed by atoms with Gasteiger partial charge >= 0.3 is 0 Å². The van der Waals surface area contributed by atoms with Crippen LogP contribution in [-0.4, -0.2) is 49.2 Å². The van der Waals surface area contributed by atoms with Crippen LogP contribution in [0.2, 0.25) is 0 Å². The number of fused-ring (bicyclic) bond motifs is 1. The molecular formula is C19H22N4O5S. The largest absolute Gasteiger partial charge is 0.493 e. The second-order valence-corrected chi connectivity index (χ2v) is 7.49. The average molecular weight is 418 g/mol. The maximum absolute atomic E-state index is 12.7. The van der Waals surface area contributed by atoms with Gasteiger partial charge in [0.05, 0.1) is 26.8 Å². The van der Waals surface area contributed by atoms with Gasteiger partial charge in [0.2, 0.25) is 11.7 Å². The second kappa shape index (κ2) is 8.39. The first-order chi connectivity index (χ1) is 13.9. The number of nitrogens with zero attached hydrogens (tertiary/aromatic N) is 1. The lowest BCUT2D eigenvalue weighted by molar-refractivity contribution is -0.117. The lowest BCUT2D eigenvalue weighted by Crippen LogP contribution is -2.41. The van der Waals surface area contributed by atoms with Crippen molar-refractivity contribution in [2.75, 3.05) is 26.6 Å². The molecule has 0 aliphatic rings. The summed E-state index contributed by atoms with van der Waals surface area (Å²) in [4.78, 5) is 33.1. The summed E-state index contributed by atoms with van der Waals surface area (Å²) in [5.41, 5.74) is 0.865. The second-order valence-electron chi connectivity index (χ2n) is 6.25. The summed E-state index contributed by atoms with van der Waals surface area (Å²) in [5.74, 6) is 0.534. The summed E-state index contributed by atoms with van der Waals surface area (Å²) >= 11 is 1.36. The minimum Gasteiger partial charge on any atom is -0.493 e. The summed E-state index contributed by atoms with van der Waals surface area (Å²) in [6.07, 6.45) is 1.67. The number of aromatic nitrogens is 2. The molecule has 2 heterocycles. The molecule has 0 bridgehead atoms. The monoisotopic (exact) mass is 418 g/mol. The van der Waals surface area contributed by atoms with Gasteiger partial charge in [0.15, 0.2) is 16.6 Å². The van der Waals surface area contributed by atoms with E-state index < -0.39 is 11.9 Å². The van der Waals surface area contributed by atoms with Gasteiger partial charge in [0.1, 0.15) is 11.7 Å². The summed E-state index contributed by atoms with van der Waals surface area (Å²) in [6, 6.07) is 2.64. The van der Waals surface area contributed by atoms with E-state index in [-0.39, 0.29) is 11.6 Å². The van der Waals surface area contributed by atoms with Crippen LogP contribution in [0.15, 0.2) is 18.3 Å². The minimum absolute atomic E-state index is 0.276. The Morgan fingerprint density at radius 2 is 1.86 bits per heavy atom. The number of H-pyrrole nitrogens is 1. The fourth-order valence-electron chi connectivity index (χ4n) is 2.83. The van der Waals surface area contributed by atoms with E-state index in [9.17, 15) is 9.59 Å². The van der Waals surface area contributed by atoms with Crippen molar-refractivity contribution in [3.8, 4) is 17.2 Å². The molecule has 9 nitrogen and oxygen atoms in total. The van der Waals surface area contributed by atoms with Gasteiger partial charge in [0.25, 0.3) is 5.91 Å². The Morgan fingerprint density at radius 1 is 1.14 bits per heavy atom. The first-order valence-corrected chi connectivity index (χ1v) is 9.55. The highest BCUT2D eigenvalue weighted by Crippen LogP contribution is 2.43. The maximum atomic E-state index is 12.7. The van der Waals surface area contributed by atoms with E-state index in [1.165, 1.54) is 32.7 Å². The molecule has 0 saturated heterocycles. The number of nitrogens with one attached hydrogen (secondary N) is 3. The van der Waals surface area contributed by atoms with E-state index in [0.29, 0.717) is 33.3 Å². The predicted octanol–water partition coefficient (Wildman–Crippen LogP) is 2.72. The van der Waals surface area contributed by atoms with E-state index in [2.05, 4.69) is 20.6 Å². The van der Waals surface area contributed by atoms with Crippen molar-refractivity contribution in [1.82, 2.24) is 15.3 Å². The number of carbonyl (C=O) groups is 2. The number of rotatable bonds is 7. The normalized spacial score (nSPS) is 11.8. The van der Waals surface area contributed by atoms with Gasteiger partial charge in [-0.05, 0) is 26.0 Å². The van der Waals surface area contributed by atoms with Crippen LogP contribution in [0.4, 0.5) is 5.13 Å². The third kappa shape index (κ3) is 4.11. The third-order valence-electron chi connectivity index (χ3n) is 4.26. The topological polar surface area (TPSA) is 115 Å². The highest BCUT2D eigenvalue weighted by molar-refractivity contribution is 7.15. The van der Waals surface area contributed by atoms with Crippen molar-refractivity contribution < 1.29 is 23.8 Å². The Balaban J connectivity index is 1.80. The standard InChI is InChI=1S/C19H22N4O5S/c1-9-8-20-19(29-9)23-17(24)10(2)21-18(25)12-6-11-7-13(26-3)15(27-4)16(28-5)14(11)22-12/h6-8,10,22H,1-5H3,(H,21,25)(H,20,23,24). The Labute approximate surface area is 171 Å². The number of aryl methyl sites for hydroxylation is 1. The fraction of sp³-hybridized carbons (Fsp3) is 0.316. The zero-order valence-corrected chi connectivity index (χ0v) is 17.5. The number of ether oxygens (including phenoxy) is 3. The molecule has 1 unspecified atom stereocenters. The van der Waals surface area contributed by atoms with E-state index in [1.807, 2.05) is 6.92 Å². The van der Waals surface area contributed by atoms with Gasteiger partial charge in [-0.1, -0.05) is 0 Å². The number of thiazole rings is 1.